The van der Waals surface area contributed by atoms with E-state index in [1.165, 1.54) is 0 Å². The summed E-state index contributed by atoms with van der Waals surface area (Å²) in [6.45, 7) is 2.17. The van der Waals surface area contributed by atoms with Crippen LogP contribution in [-0.4, -0.2) is 47.9 Å². The first-order chi connectivity index (χ1) is 15.2. The van der Waals surface area contributed by atoms with Gasteiger partial charge in [0.05, 0.1) is 0 Å². The highest BCUT2D eigenvalue weighted by molar-refractivity contribution is 5.89. The van der Waals surface area contributed by atoms with Gasteiger partial charge in [-0.1, -0.05) is 78.9 Å². The van der Waals surface area contributed by atoms with Crippen molar-refractivity contribution in [3.05, 3.63) is 102 Å². The van der Waals surface area contributed by atoms with Crippen LogP contribution in [0.15, 0.2) is 91.0 Å². The van der Waals surface area contributed by atoms with Gasteiger partial charge in [-0.05, 0) is 23.3 Å². The normalized spacial score (nSPS) is 13.8. The van der Waals surface area contributed by atoms with Gasteiger partial charge < -0.3 is 15.1 Å². The fourth-order valence-electron chi connectivity index (χ4n) is 3.99. The summed E-state index contributed by atoms with van der Waals surface area (Å²) >= 11 is 0. The fraction of sp³-hybridized carbons (Fsp3) is 0.231. The number of carbonyl (C=O) groups excluding carboxylic acids is 2. The monoisotopic (exact) mass is 413 g/mol. The second kappa shape index (κ2) is 9.94. The average molecular weight is 414 g/mol. The van der Waals surface area contributed by atoms with Crippen LogP contribution in [0, 0.1) is 0 Å². The zero-order valence-electron chi connectivity index (χ0n) is 17.5. The Bertz CT molecular complexity index is 945. The Morgan fingerprint density at radius 2 is 1.13 bits per heavy atom. The molecule has 0 unspecified atom stereocenters. The molecule has 5 heteroatoms. The van der Waals surface area contributed by atoms with Gasteiger partial charge in [0.2, 0.25) is 5.91 Å². The van der Waals surface area contributed by atoms with Gasteiger partial charge in [-0.2, -0.15) is 0 Å². The summed E-state index contributed by atoms with van der Waals surface area (Å²) in [6, 6.07) is 29.7. The Morgan fingerprint density at radius 1 is 0.677 bits per heavy atom. The van der Waals surface area contributed by atoms with Crippen LogP contribution in [0.25, 0.3) is 0 Å². The molecule has 1 aliphatic heterocycles. The summed E-state index contributed by atoms with van der Waals surface area (Å²) in [5.74, 6) is 0.148. The molecule has 1 fully saturated rings. The highest BCUT2D eigenvalue weighted by Gasteiger charge is 2.27. The molecule has 0 radical (unpaired) electrons. The smallest absolute Gasteiger partial charge is 0.321 e. The predicted octanol–water partition coefficient (Wildman–Crippen LogP) is 4.58. The van der Waals surface area contributed by atoms with Crippen LogP contribution in [0.5, 0.6) is 0 Å². The molecule has 4 rings (SSSR count). The van der Waals surface area contributed by atoms with E-state index in [0.717, 1.165) is 16.8 Å². The van der Waals surface area contributed by atoms with Crippen molar-refractivity contribution < 1.29 is 9.59 Å². The quantitative estimate of drug-likeness (QED) is 0.665. The Labute approximate surface area is 183 Å². The van der Waals surface area contributed by atoms with E-state index in [0.29, 0.717) is 32.6 Å². The molecule has 0 spiro atoms. The van der Waals surface area contributed by atoms with Crippen LogP contribution in [0.1, 0.15) is 23.5 Å². The summed E-state index contributed by atoms with van der Waals surface area (Å²) in [4.78, 5) is 29.3. The molecular weight excluding hydrogens is 386 g/mol. The molecule has 3 amide bonds. The Hall–Kier alpha value is -3.60. The van der Waals surface area contributed by atoms with E-state index in [2.05, 4.69) is 29.6 Å². The third-order valence-corrected chi connectivity index (χ3v) is 5.73. The molecule has 0 aromatic heterocycles. The zero-order chi connectivity index (χ0) is 21.5. The number of nitrogens with zero attached hydrogens (tertiary/aromatic N) is 2. The minimum Gasteiger partial charge on any atom is -0.339 e. The second-order valence-electron chi connectivity index (χ2n) is 7.74. The number of urea groups is 1. The lowest BCUT2D eigenvalue weighted by Gasteiger charge is -2.35. The van der Waals surface area contributed by atoms with Crippen molar-refractivity contribution in [2.75, 3.05) is 31.5 Å². The van der Waals surface area contributed by atoms with Gasteiger partial charge in [0, 0.05) is 44.2 Å². The first-order valence-corrected chi connectivity index (χ1v) is 10.7. The zero-order valence-corrected chi connectivity index (χ0v) is 17.5. The van der Waals surface area contributed by atoms with Crippen molar-refractivity contribution in [2.45, 2.75) is 12.3 Å². The van der Waals surface area contributed by atoms with Crippen LogP contribution in [0.3, 0.4) is 0 Å². The molecule has 31 heavy (non-hydrogen) atoms. The topological polar surface area (TPSA) is 52.7 Å². The second-order valence-corrected chi connectivity index (χ2v) is 7.74. The molecule has 0 bridgehead atoms. The SMILES string of the molecule is O=C(CC(c1ccccc1)c1ccccc1)N1CCN(C(=O)Nc2ccccc2)CC1. The summed E-state index contributed by atoms with van der Waals surface area (Å²) in [5.41, 5.74) is 3.06. The highest BCUT2D eigenvalue weighted by atomic mass is 16.2. The number of piperazine rings is 1. The summed E-state index contributed by atoms with van der Waals surface area (Å²) in [5, 5.41) is 2.91. The largest absolute Gasteiger partial charge is 0.339 e. The molecule has 3 aromatic rings. The van der Waals surface area contributed by atoms with Crippen molar-refractivity contribution in [3.8, 4) is 0 Å². The molecule has 0 aliphatic carbocycles. The van der Waals surface area contributed by atoms with E-state index in [1.807, 2.05) is 71.6 Å². The van der Waals surface area contributed by atoms with E-state index in [1.54, 1.807) is 4.90 Å². The summed E-state index contributed by atoms with van der Waals surface area (Å²) in [6.07, 6.45) is 0.421. The minimum absolute atomic E-state index is 0.0225. The molecule has 0 saturated carbocycles. The number of nitrogens with one attached hydrogen (secondary N) is 1. The molecule has 3 aromatic carbocycles. The number of hydrogen-bond acceptors (Lipinski definition) is 2. The van der Waals surface area contributed by atoms with Gasteiger partial charge in [-0.25, -0.2) is 4.79 Å². The average Bonchev–Trinajstić information content (AvgIpc) is 2.84. The number of amides is 3. The molecule has 5 nitrogen and oxygen atoms in total. The number of rotatable bonds is 5. The van der Waals surface area contributed by atoms with Gasteiger partial charge in [-0.3, -0.25) is 4.79 Å². The molecule has 158 valence electrons. The number of anilines is 1. The molecule has 1 N–H and O–H groups in total. The van der Waals surface area contributed by atoms with Gasteiger partial charge in [0.1, 0.15) is 0 Å². The van der Waals surface area contributed by atoms with Crippen LogP contribution in [0.2, 0.25) is 0 Å². The molecule has 1 aliphatic rings. The van der Waals surface area contributed by atoms with Gasteiger partial charge in [0.25, 0.3) is 0 Å². The van der Waals surface area contributed by atoms with E-state index < -0.39 is 0 Å². The Kier molecular flexibility index (Phi) is 6.62. The first-order valence-electron chi connectivity index (χ1n) is 10.7. The van der Waals surface area contributed by atoms with E-state index in [4.69, 9.17) is 0 Å². The molecule has 1 saturated heterocycles. The van der Waals surface area contributed by atoms with Crippen molar-refractivity contribution in [3.63, 3.8) is 0 Å². The van der Waals surface area contributed by atoms with Gasteiger partial charge >= 0.3 is 6.03 Å². The lowest BCUT2D eigenvalue weighted by atomic mass is 9.88. The van der Waals surface area contributed by atoms with Crippen LogP contribution < -0.4 is 5.32 Å². The Balaban J connectivity index is 1.37. The fourth-order valence-corrected chi connectivity index (χ4v) is 3.99. The predicted molar refractivity (Wildman–Crippen MR) is 123 cm³/mol. The first kappa shape index (κ1) is 20.7. The summed E-state index contributed by atoms with van der Waals surface area (Å²) in [7, 11) is 0. The minimum atomic E-state index is -0.121. The summed E-state index contributed by atoms with van der Waals surface area (Å²) < 4.78 is 0. The van der Waals surface area contributed by atoms with Crippen molar-refractivity contribution >= 4 is 17.6 Å². The number of benzene rings is 3. The third kappa shape index (κ3) is 5.31. The van der Waals surface area contributed by atoms with Crippen molar-refractivity contribution in [1.82, 2.24) is 9.80 Å². The number of hydrogen-bond donors (Lipinski definition) is 1. The van der Waals surface area contributed by atoms with Crippen LogP contribution >= 0.6 is 0 Å². The number of carbonyl (C=O) groups is 2. The highest BCUT2D eigenvalue weighted by Crippen LogP contribution is 2.28. The lowest BCUT2D eigenvalue weighted by Crippen LogP contribution is -2.51. The van der Waals surface area contributed by atoms with Gasteiger partial charge in [-0.15, -0.1) is 0 Å². The maximum atomic E-state index is 13.1. The molecule has 0 atom stereocenters. The van der Waals surface area contributed by atoms with Gasteiger partial charge in [0.15, 0.2) is 0 Å². The molecule has 1 heterocycles. The number of para-hydroxylation sites is 1. The lowest BCUT2D eigenvalue weighted by molar-refractivity contribution is -0.132. The van der Waals surface area contributed by atoms with E-state index in [9.17, 15) is 9.59 Å². The van der Waals surface area contributed by atoms with Crippen molar-refractivity contribution in [1.29, 1.82) is 0 Å². The van der Waals surface area contributed by atoms with E-state index >= 15 is 0 Å². The van der Waals surface area contributed by atoms with E-state index in [-0.39, 0.29) is 17.9 Å². The maximum absolute atomic E-state index is 13.1. The van der Waals surface area contributed by atoms with Crippen LogP contribution in [0.4, 0.5) is 10.5 Å². The Morgan fingerprint density at radius 3 is 1.65 bits per heavy atom. The van der Waals surface area contributed by atoms with Crippen LogP contribution in [-0.2, 0) is 4.79 Å². The van der Waals surface area contributed by atoms with Crippen molar-refractivity contribution in [2.24, 2.45) is 0 Å². The standard InChI is InChI=1S/C26H27N3O2/c30-25(20-24(21-10-4-1-5-11-21)22-12-6-2-7-13-22)28-16-18-29(19-17-28)26(31)27-23-14-8-3-9-15-23/h1-15,24H,16-20H2,(H,27,31). The maximum Gasteiger partial charge on any atom is 0.321 e. The third-order valence-electron chi connectivity index (χ3n) is 5.73. The molecular formula is C26H27N3O2.